The smallest absolute Gasteiger partial charge is 0.0301 e. The van der Waals surface area contributed by atoms with Crippen LogP contribution >= 0.6 is 12.4 Å². The molecule has 0 saturated heterocycles. The number of hydrogen-bond acceptors (Lipinski definition) is 2. The summed E-state index contributed by atoms with van der Waals surface area (Å²) in [6, 6.07) is 8.58. The van der Waals surface area contributed by atoms with Crippen LogP contribution in [0.15, 0.2) is 24.3 Å². The third-order valence-corrected chi connectivity index (χ3v) is 3.48. The van der Waals surface area contributed by atoms with Gasteiger partial charge in [-0.05, 0) is 25.3 Å². The molecule has 0 heterocycles. The van der Waals surface area contributed by atoms with Crippen LogP contribution in [-0.2, 0) is 6.54 Å². The average Bonchev–Trinajstić information content (AvgIpc) is 2.26. The fourth-order valence-electron chi connectivity index (χ4n) is 1.64. The summed E-state index contributed by atoms with van der Waals surface area (Å²) < 4.78 is 0. The van der Waals surface area contributed by atoms with Gasteiger partial charge in [0.15, 0.2) is 0 Å². The largest absolute Gasteiger partial charge is 0.329 e. The number of aryl methyl sites for hydroxylation is 1. The lowest BCUT2D eigenvalue weighted by Gasteiger charge is -2.34. The van der Waals surface area contributed by atoms with Crippen LogP contribution in [0.3, 0.4) is 0 Å². The van der Waals surface area contributed by atoms with E-state index in [9.17, 15) is 0 Å². The molecule has 17 heavy (non-hydrogen) atoms. The van der Waals surface area contributed by atoms with E-state index in [1.54, 1.807) is 0 Å². The average molecular weight is 257 g/mol. The molecule has 1 atom stereocenters. The standard InChI is InChI=1S/C14H24N2.ClH/c1-11(2)14(4,10-15)16-9-13-7-5-6-12(3)8-13;/h5-8,11,16H,9-10,15H2,1-4H3;1H. The first-order chi connectivity index (χ1) is 7.48. The van der Waals surface area contributed by atoms with E-state index in [1.165, 1.54) is 11.1 Å². The minimum absolute atomic E-state index is 0. The van der Waals surface area contributed by atoms with E-state index in [0.29, 0.717) is 12.5 Å². The molecule has 2 nitrogen and oxygen atoms in total. The maximum atomic E-state index is 5.84. The van der Waals surface area contributed by atoms with Gasteiger partial charge in [0, 0.05) is 18.6 Å². The molecule has 1 rings (SSSR count). The molecule has 1 aromatic rings. The maximum Gasteiger partial charge on any atom is 0.0301 e. The summed E-state index contributed by atoms with van der Waals surface area (Å²) >= 11 is 0. The van der Waals surface area contributed by atoms with E-state index in [4.69, 9.17) is 5.73 Å². The highest BCUT2D eigenvalue weighted by Gasteiger charge is 2.25. The Bertz CT molecular complexity index is 339. The van der Waals surface area contributed by atoms with Crippen molar-refractivity contribution in [3.05, 3.63) is 35.4 Å². The Kier molecular flexibility index (Phi) is 6.76. The van der Waals surface area contributed by atoms with Crippen molar-refractivity contribution in [2.24, 2.45) is 11.7 Å². The molecule has 1 aromatic carbocycles. The van der Waals surface area contributed by atoms with E-state index < -0.39 is 0 Å². The highest BCUT2D eigenvalue weighted by atomic mass is 35.5. The van der Waals surface area contributed by atoms with E-state index >= 15 is 0 Å². The van der Waals surface area contributed by atoms with E-state index in [-0.39, 0.29) is 17.9 Å². The molecule has 0 aliphatic heterocycles. The van der Waals surface area contributed by atoms with Crippen LogP contribution in [0.2, 0.25) is 0 Å². The molecule has 0 aliphatic carbocycles. The molecular formula is C14H25ClN2. The van der Waals surface area contributed by atoms with Crippen LogP contribution in [0.25, 0.3) is 0 Å². The molecule has 0 aliphatic rings. The van der Waals surface area contributed by atoms with Gasteiger partial charge in [-0.1, -0.05) is 43.7 Å². The first-order valence-corrected chi connectivity index (χ1v) is 5.98. The molecule has 3 heteroatoms. The summed E-state index contributed by atoms with van der Waals surface area (Å²) in [6.07, 6.45) is 0. The van der Waals surface area contributed by atoms with E-state index in [2.05, 4.69) is 57.3 Å². The Morgan fingerprint density at radius 3 is 2.47 bits per heavy atom. The second kappa shape index (κ2) is 7.00. The van der Waals surface area contributed by atoms with Crippen LogP contribution < -0.4 is 11.1 Å². The second-order valence-corrected chi connectivity index (χ2v) is 5.12. The second-order valence-electron chi connectivity index (χ2n) is 5.12. The zero-order valence-electron chi connectivity index (χ0n) is 11.3. The first kappa shape index (κ1) is 16.4. The first-order valence-electron chi connectivity index (χ1n) is 5.98. The zero-order valence-corrected chi connectivity index (χ0v) is 12.1. The quantitative estimate of drug-likeness (QED) is 0.850. The number of rotatable bonds is 5. The van der Waals surface area contributed by atoms with Crippen molar-refractivity contribution in [1.29, 1.82) is 0 Å². The van der Waals surface area contributed by atoms with Gasteiger partial charge in [-0.3, -0.25) is 0 Å². The third-order valence-electron chi connectivity index (χ3n) is 3.48. The number of halogens is 1. The molecule has 0 spiro atoms. The van der Waals surface area contributed by atoms with Gasteiger partial charge in [-0.15, -0.1) is 12.4 Å². The van der Waals surface area contributed by atoms with Crippen LogP contribution in [0, 0.1) is 12.8 Å². The highest BCUT2D eigenvalue weighted by molar-refractivity contribution is 5.85. The lowest BCUT2D eigenvalue weighted by atomic mass is 9.88. The van der Waals surface area contributed by atoms with Crippen LogP contribution in [0.4, 0.5) is 0 Å². The van der Waals surface area contributed by atoms with Gasteiger partial charge < -0.3 is 11.1 Å². The fourth-order valence-corrected chi connectivity index (χ4v) is 1.64. The topological polar surface area (TPSA) is 38.0 Å². The normalized spacial score (nSPS) is 14.2. The molecule has 0 amide bonds. The van der Waals surface area contributed by atoms with Crippen molar-refractivity contribution < 1.29 is 0 Å². The predicted octanol–water partition coefficient (Wildman–Crippen LogP) is 2.88. The van der Waals surface area contributed by atoms with Gasteiger partial charge in [0.25, 0.3) is 0 Å². The number of nitrogens with two attached hydrogens (primary N) is 1. The van der Waals surface area contributed by atoms with Crippen molar-refractivity contribution in [3.63, 3.8) is 0 Å². The summed E-state index contributed by atoms with van der Waals surface area (Å²) in [5.74, 6) is 0.530. The van der Waals surface area contributed by atoms with E-state index in [1.807, 2.05) is 0 Å². The van der Waals surface area contributed by atoms with Crippen molar-refractivity contribution in [3.8, 4) is 0 Å². The molecule has 3 N–H and O–H groups in total. The molecule has 0 radical (unpaired) electrons. The van der Waals surface area contributed by atoms with Gasteiger partial charge >= 0.3 is 0 Å². The van der Waals surface area contributed by atoms with Crippen molar-refractivity contribution in [1.82, 2.24) is 5.32 Å². The van der Waals surface area contributed by atoms with E-state index in [0.717, 1.165) is 6.54 Å². The molecule has 0 saturated carbocycles. The van der Waals surface area contributed by atoms with Crippen molar-refractivity contribution in [2.75, 3.05) is 6.54 Å². The molecule has 0 bridgehead atoms. The number of nitrogens with one attached hydrogen (secondary N) is 1. The molecular weight excluding hydrogens is 232 g/mol. The maximum absolute atomic E-state index is 5.84. The summed E-state index contributed by atoms with van der Waals surface area (Å²) in [5.41, 5.74) is 8.48. The zero-order chi connectivity index (χ0) is 12.2. The minimum Gasteiger partial charge on any atom is -0.329 e. The molecule has 0 fully saturated rings. The summed E-state index contributed by atoms with van der Waals surface area (Å²) in [4.78, 5) is 0. The van der Waals surface area contributed by atoms with Crippen LogP contribution in [-0.4, -0.2) is 12.1 Å². The van der Waals surface area contributed by atoms with Crippen molar-refractivity contribution in [2.45, 2.75) is 39.8 Å². The summed E-state index contributed by atoms with van der Waals surface area (Å²) in [5, 5.41) is 3.56. The number of hydrogen-bond donors (Lipinski definition) is 2. The molecule has 1 unspecified atom stereocenters. The lowest BCUT2D eigenvalue weighted by molar-refractivity contribution is 0.267. The Morgan fingerprint density at radius 1 is 1.35 bits per heavy atom. The lowest BCUT2D eigenvalue weighted by Crippen LogP contribution is -2.52. The SMILES string of the molecule is Cc1cccc(CNC(C)(CN)C(C)C)c1.Cl. The minimum atomic E-state index is 0. The molecule has 98 valence electrons. The number of benzene rings is 1. The van der Waals surface area contributed by atoms with Gasteiger partial charge in [0.2, 0.25) is 0 Å². The predicted molar refractivity (Wildman–Crippen MR) is 77.6 cm³/mol. The Hall–Kier alpha value is -0.570. The fraction of sp³-hybridized carbons (Fsp3) is 0.571. The summed E-state index contributed by atoms with van der Waals surface area (Å²) in [6.45, 7) is 10.3. The van der Waals surface area contributed by atoms with Gasteiger partial charge in [0.1, 0.15) is 0 Å². The Labute approximate surface area is 111 Å². The highest BCUT2D eigenvalue weighted by Crippen LogP contribution is 2.16. The van der Waals surface area contributed by atoms with Crippen LogP contribution in [0.1, 0.15) is 31.9 Å². The van der Waals surface area contributed by atoms with Crippen molar-refractivity contribution >= 4 is 12.4 Å². The van der Waals surface area contributed by atoms with Gasteiger partial charge in [-0.2, -0.15) is 0 Å². The third kappa shape index (κ3) is 4.66. The molecule has 0 aromatic heterocycles. The van der Waals surface area contributed by atoms with Crippen LogP contribution in [0.5, 0.6) is 0 Å². The Morgan fingerprint density at radius 2 is 2.00 bits per heavy atom. The van der Waals surface area contributed by atoms with Gasteiger partial charge in [-0.25, -0.2) is 0 Å². The monoisotopic (exact) mass is 256 g/mol. The summed E-state index contributed by atoms with van der Waals surface area (Å²) in [7, 11) is 0. The van der Waals surface area contributed by atoms with Gasteiger partial charge in [0.05, 0.1) is 0 Å². The Balaban J connectivity index is 0.00000256.